The van der Waals surface area contributed by atoms with Crippen LogP contribution in [0.4, 0.5) is 18.9 Å². The third-order valence-electron chi connectivity index (χ3n) is 5.13. The lowest BCUT2D eigenvalue weighted by molar-refractivity contribution is -0.140. The van der Waals surface area contributed by atoms with Gasteiger partial charge in [0, 0.05) is 29.1 Å². The molecule has 0 aliphatic carbocycles. The van der Waals surface area contributed by atoms with Gasteiger partial charge in [-0.05, 0) is 36.2 Å². The highest BCUT2D eigenvalue weighted by atomic mass is 35.5. The Morgan fingerprint density at radius 1 is 1.14 bits per heavy atom. The summed E-state index contributed by atoms with van der Waals surface area (Å²) in [4.78, 5) is 15.7. The first-order valence-electron chi connectivity index (χ1n) is 9.05. The molecule has 2 heterocycles. The van der Waals surface area contributed by atoms with Crippen LogP contribution in [0.3, 0.4) is 0 Å². The van der Waals surface area contributed by atoms with Gasteiger partial charge >= 0.3 is 6.18 Å². The van der Waals surface area contributed by atoms with Gasteiger partial charge in [0.2, 0.25) is 5.91 Å². The molecule has 1 unspecified atom stereocenters. The van der Waals surface area contributed by atoms with Gasteiger partial charge in [-0.1, -0.05) is 41.9 Å². The maximum Gasteiger partial charge on any atom is 0.433 e. The molecule has 0 radical (unpaired) electrons. The molecule has 1 atom stereocenters. The molecule has 150 valence electrons. The van der Waals surface area contributed by atoms with Gasteiger partial charge in [0.05, 0.1) is 11.1 Å². The van der Waals surface area contributed by atoms with E-state index < -0.39 is 17.4 Å². The molecule has 1 aromatic heterocycles. The molecule has 29 heavy (non-hydrogen) atoms. The highest BCUT2D eigenvalue weighted by molar-refractivity contribution is 6.31. The van der Waals surface area contributed by atoms with Gasteiger partial charge < -0.3 is 10.6 Å². The Balaban J connectivity index is 1.75. The number of nitrogens with one attached hydrogen (secondary N) is 2. The largest absolute Gasteiger partial charge is 0.433 e. The van der Waals surface area contributed by atoms with Crippen LogP contribution in [-0.4, -0.2) is 17.4 Å². The number of nitrogens with zero attached hydrogens (tertiary/aromatic N) is 1. The van der Waals surface area contributed by atoms with Crippen LogP contribution in [0, 0.1) is 0 Å². The van der Waals surface area contributed by atoms with Gasteiger partial charge in [-0.25, -0.2) is 4.98 Å². The second-order valence-electron chi connectivity index (χ2n) is 7.06. The van der Waals surface area contributed by atoms with E-state index in [-0.39, 0.29) is 23.7 Å². The zero-order valence-corrected chi connectivity index (χ0v) is 15.9. The number of amides is 1. The van der Waals surface area contributed by atoms with Crippen LogP contribution in [0.25, 0.3) is 10.9 Å². The summed E-state index contributed by atoms with van der Waals surface area (Å²) in [5, 5.41) is 6.99. The number of rotatable bonds is 4. The van der Waals surface area contributed by atoms with Gasteiger partial charge in [-0.3, -0.25) is 4.79 Å². The first-order valence-corrected chi connectivity index (χ1v) is 9.43. The first kappa shape index (κ1) is 19.5. The Bertz CT molecular complexity index is 1070. The second kappa shape index (κ2) is 7.22. The number of aromatic nitrogens is 1. The number of carbonyl (C=O) groups excluding carboxylic acids is 1. The van der Waals surface area contributed by atoms with Crippen molar-refractivity contribution >= 4 is 34.1 Å². The van der Waals surface area contributed by atoms with Gasteiger partial charge in [-0.2, -0.15) is 13.2 Å². The fourth-order valence-corrected chi connectivity index (χ4v) is 3.83. The smallest absolute Gasteiger partial charge is 0.382 e. The quantitative estimate of drug-likeness (QED) is 0.616. The summed E-state index contributed by atoms with van der Waals surface area (Å²) in [6.07, 6.45) is -3.69. The number of carbonyl (C=O) groups is 1. The predicted molar refractivity (Wildman–Crippen MR) is 106 cm³/mol. The molecule has 1 fully saturated rings. The van der Waals surface area contributed by atoms with Crippen LogP contribution < -0.4 is 10.6 Å². The van der Waals surface area contributed by atoms with Crippen molar-refractivity contribution in [3.8, 4) is 0 Å². The number of hydrogen-bond acceptors (Lipinski definition) is 3. The molecule has 1 aliphatic rings. The minimum Gasteiger partial charge on any atom is -0.382 e. The van der Waals surface area contributed by atoms with E-state index in [0.717, 1.165) is 11.6 Å². The monoisotopic (exact) mass is 419 g/mol. The van der Waals surface area contributed by atoms with Crippen LogP contribution in [0.15, 0.2) is 54.6 Å². The van der Waals surface area contributed by atoms with E-state index in [9.17, 15) is 18.0 Å². The summed E-state index contributed by atoms with van der Waals surface area (Å²) >= 11 is 6.06. The molecule has 1 amide bonds. The number of pyridine rings is 1. The number of anilines is 1. The van der Waals surface area contributed by atoms with Crippen molar-refractivity contribution in [2.24, 2.45) is 0 Å². The standard InChI is InChI=1S/C21H17ClF3N3O/c22-14-6-7-16-15(10-14)17(11-18(27-16)21(23,24)25)26-12-20(9-8-19(29)28-20)13-4-2-1-3-5-13/h1-7,10-11H,8-9,12H2,(H,26,27)(H,28,29). The lowest BCUT2D eigenvalue weighted by Gasteiger charge is -2.31. The Morgan fingerprint density at radius 3 is 2.55 bits per heavy atom. The van der Waals surface area contributed by atoms with Crippen LogP contribution in [0.2, 0.25) is 5.02 Å². The second-order valence-corrected chi connectivity index (χ2v) is 7.50. The molecular formula is C21H17ClF3N3O. The van der Waals surface area contributed by atoms with E-state index in [2.05, 4.69) is 15.6 Å². The lowest BCUT2D eigenvalue weighted by atomic mass is 9.88. The molecule has 4 rings (SSSR count). The fourth-order valence-electron chi connectivity index (χ4n) is 3.66. The summed E-state index contributed by atoms with van der Waals surface area (Å²) < 4.78 is 40.0. The Morgan fingerprint density at radius 2 is 1.90 bits per heavy atom. The van der Waals surface area contributed by atoms with E-state index in [4.69, 9.17) is 11.6 Å². The average Bonchev–Trinajstić information content (AvgIpc) is 3.08. The molecule has 8 heteroatoms. The Hall–Kier alpha value is -2.80. The van der Waals surface area contributed by atoms with Crippen molar-refractivity contribution in [3.05, 3.63) is 70.9 Å². The normalized spacial score (nSPS) is 19.4. The van der Waals surface area contributed by atoms with Crippen LogP contribution in [-0.2, 0) is 16.5 Å². The van der Waals surface area contributed by atoms with Gasteiger partial charge in [0.15, 0.2) is 0 Å². The summed E-state index contributed by atoms with van der Waals surface area (Å²) in [7, 11) is 0. The zero-order chi connectivity index (χ0) is 20.6. The zero-order valence-electron chi connectivity index (χ0n) is 15.2. The van der Waals surface area contributed by atoms with E-state index in [1.165, 1.54) is 12.1 Å². The van der Waals surface area contributed by atoms with E-state index >= 15 is 0 Å². The highest BCUT2D eigenvalue weighted by Gasteiger charge is 2.39. The number of alkyl halides is 3. The first-order chi connectivity index (χ1) is 13.8. The minimum atomic E-state index is -4.58. The van der Waals surface area contributed by atoms with Crippen LogP contribution in [0.5, 0.6) is 0 Å². The molecule has 0 bridgehead atoms. The molecular weight excluding hydrogens is 403 g/mol. The van der Waals surface area contributed by atoms with E-state index in [0.29, 0.717) is 23.3 Å². The SMILES string of the molecule is O=C1CCC(CNc2cc(C(F)(F)F)nc3ccc(Cl)cc23)(c2ccccc2)N1. The molecule has 3 aromatic rings. The van der Waals surface area contributed by atoms with Gasteiger partial charge in [0.25, 0.3) is 0 Å². The van der Waals surface area contributed by atoms with E-state index in [1.807, 2.05) is 30.3 Å². The third kappa shape index (κ3) is 3.87. The van der Waals surface area contributed by atoms with Gasteiger partial charge in [-0.15, -0.1) is 0 Å². The van der Waals surface area contributed by atoms with Gasteiger partial charge in [0.1, 0.15) is 5.69 Å². The fraction of sp³-hybridized carbons (Fsp3) is 0.238. The summed E-state index contributed by atoms with van der Waals surface area (Å²) in [6, 6.07) is 14.9. The van der Waals surface area contributed by atoms with Crippen LogP contribution in [0.1, 0.15) is 24.1 Å². The molecule has 2 aromatic carbocycles. The molecule has 1 aliphatic heterocycles. The van der Waals surface area contributed by atoms with Crippen molar-refractivity contribution in [1.29, 1.82) is 0 Å². The molecule has 2 N–H and O–H groups in total. The summed E-state index contributed by atoms with van der Waals surface area (Å²) in [5.74, 6) is -0.0886. The van der Waals surface area contributed by atoms with Crippen molar-refractivity contribution < 1.29 is 18.0 Å². The summed E-state index contributed by atoms with van der Waals surface area (Å²) in [5.41, 5.74) is -0.340. The molecule has 1 saturated heterocycles. The minimum absolute atomic E-state index is 0.0886. The maximum atomic E-state index is 13.3. The molecule has 4 nitrogen and oxygen atoms in total. The summed E-state index contributed by atoms with van der Waals surface area (Å²) in [6.45, 7) is 0.228. The lowest BCUT2D eigenvalue weighted by Crippen LogP contribution is -2.44. The maximum absolute atomic E-state index is 13.3. The predicted octanol–water partition coefficient (Wildman–Crippen LogP) is 5.12. The van der Waals surface area contributed by atoms with Crippen molar-refractivity contribution in [2.75, 3.05) is 11.9 Å². The number of hydrogen-bond donors (Lipinski definition) is 2. The molecule has 0 saturated carbocycles. The van der Waals surface area contributed by atoms with Crippen molar-refractivity contribution in [3.63, 3.8) is 0 Å². The van der Waals surface area contributed by atoms with Crippen molar-refractivity contribution in [2.45, 2.75) is 24.6 Å². The number of benzene rings is 2. The van der Waals surface area contributed by atoms with Crippen LogP contribution >= 0.6 is 11.6 Å². The number of halogens is 4. The number of fused-ring (bicyclic) bond motifs is 1. The van der Waals surface area contributed by atoms with E-state index in [1.54, 1.807) is 6.07 Å². The Labute approximate surface area is 170 Å². The average molecular weight is 420 g/mol. The van der Waals surface area contributed by atoms with Crippen molar-refractivity contribution in [1.82, 2.24) is 10.3 Å². The molecule has 0 spiro atoms. The highest BCUT2D eigenvalue weighted by Crippen LogP contribution is 2.36. The topological polar surface area (TPSA) is 54.0 Å². The Kier molecular flexibility index (Phi) is 4.86. The third-order valence-corrected chi connectivity index (χ3v) is 5.36.